The number of ether oxygens (including phenoxy) is 1. The van der Waals surface area contributed by atoms with Crippen LogP contribution < -0.4 is 5.73 Å². The van der Waals surface area contributed by atoms with Gasteiger partial charge < -0.3 is 15.6 Å². The van der Waals surface area contributed by atoms with E-state index in [4.69, 9.17) is 5.73 Å². The van der Waals surface area contributed by atoms with Gasteiger partial charge >= 0.3 is 18.2 Å². The van der Waals surface area contributed by atoms with Crippen molar-refractivity contribution in [1.82, 2.24) is 0 Å². The third-order valence-corrected chi connectivity index (χ3v) is 2.98. The van der Waals surface area contributed by atoms with E-state index in [-0.39, 0.29) is 12.8 Å². The van der Waals surface area contributed by atoms with Crippen molar-refractivity contribution in [2.24, 2.45) is 5.73 Å². The van der Waals surface area contributed by atoms with Gasteiger partial charge in [-0.3, -0.25) is 0 Å². The molecule has 0 aromatic carbocycles. The first-order valence-corrected chi connectivity index (χ1v) is 5.12. The zero-order valence-electron chi connectivity index (χ0n) is 9.14. The molecule has 0 aliphatic heterocycles. The Balaban J connectivity index is 2.73. The molecule has 1 aliphatic carbocycles. The molecule has 0 saturated heterocycles. The van der Waals surface area contributed by atoms with E-state index in [2.05, 4.69) is 4.74 Å². The summed E-state index contributed by atoms with van der Waals surface area (Å²) in [6.07, 6.45) is -10.0. The molecule has 4 nitrogen and oxygen atoms in total. The van der Waals surface area contributed by atoms with Crippen LogP contribution >= 0.6 is 0 Å². The Kier molecular flexibility index (Phi) is 3.75. The van der Waals surface area contributed by atoms with E-state index >= 15 is 0 Å². The summed E-state index contributed by atoms with van der Waals surface area (Å²) in [4.78, 5) is 10.4. The van der Waals surface area contributed by atoms with E-state index in [9.17, 15) is 31.9 Å². The molecule has 0 radical (unpaired) electrons. The lowest BCUT2D eigenvalue weighted by molar-refractivity contribution is -0.348. The third kappa shape index (κ3) is 2.65. The van der Waals surface area contributed by atoms with Gasteiger partial charge in [-0.1, -0.05) is 0 Å². The van der Waals surface area contributed by atoms with E-state index in [1.54, 1.807) is 0 Å². The molecule has 18 heavy (non-hydrogen) atoms. The van der Waals surface area contributed by atoms with Crippen LogP contribution in [0, 0.1) is 0 Å². The molecule has 106 valence electrons. The van der Waals surface area contributed by atoms with Gasteiger partial charge in [0.05, 0.1) is 0 Å². The maximum Gasteiger partial charge on any atom is 0.456 e. The molecule has 1 saturated carbocycles. The third-order valence-electron chi connectivity index (χ3n) is 2.98. The van der Waals surface area contributed by atoms with E-state index in [0.29, 0.717) is 0 Å². The standard InChI is InChI=1S/C9H12F5NO3/c10-8(11,9(12,13)14)7(17)3-1-5(2-4-7)18-6(15)16/h5,17H,1-4H2,(H2,15,16). The number of halogens is 5. The van der Waals surface area contributed by atoms with Crippen molar-refractivity contribution in [3.63, 3.8) is 0 Å². The molecule has 1 fully saturated rings. The molecule has 0 atom stereocenters. The summed E-state index contributed by atoms with van der Waals surface area (Å²) >= 11 is 0. The van der Waals surface area contributed by atoms with Gasteiger partial charge in [0.1, 0.15) is 11.7 Å². The summed E-state index contributed by atoms with van der Waals surface area (Å²) in [6.45, 7) is 0. The molecular weight excluding hydrogens is 265 g/mol. The summed E-state index contributed by atoms with van der Waals surface area (Å²) < 4.78 is 67.1. The fraction of sp³-hybridized carbons (Fsp3) is 0.889. The zero-order valence-corrected chi connectivity index (χ0v) is 9.14. The zero-order chi connectivity index (χ0) is 14.2. The van der Waals surface area contributed by atoms with Crippen molar-refractivity contribution in [3.8, 4) is 0 Å². The van der Waals surface area contributed by atoms with Gasteiger partial charge in [0.25, 0.3) is 0 Å². The largest absolute Gasteiger partial charge is 0.456 e. The fourth-order valence-corrected chi connectivity index (χ4v) is 1.93. The lowest BCUT2D eigenvalue weighted by atomic mass is 9.78. The number of hydrogen-bond acceptors (Lipinski definition) is 3. The van der Waals surface area contributed by atoms with Crippen LogP contribution in [0.4, 0.5) is 26.7 Å². The van der Waals surface area contributed by atoms with Crippen LogP contribution in [0.2, 0.25) is 0 Å². The molecule has 0 heterocycles. The van der Waals surface area contributed by atoms with Crippen LogP contribution in [0.15, 0.2) is 0 Å². The summed E-state index contributed by atoms with van der Waals surface area (Å²) in [7, 11) is 0. The Hall–Kier alpha value is -1.12. The number of rotatable bonds is 2. The lowest BCUT2D eigenvalue weighted by Crippen LogP contribution is -2.59. The first-order chi connectivity index (χ1) is 7.99. The number of alkyl halides is 5. The quantitative estimate of drug-likeness (QED) is 0.758. The van der Waals surface area contributed by atoms with Crippen LogP contribution in [-0.4, -0.2) is 35.0 Å². The summed E-state index contributed by atoms with van der Waals surface area (Å²) in [5.74, 6) is -5.20. The highest BCUT2D eigenvalue weighted by molar-refractivity contribution is 5.64. The first-order valence-electron chi connectivity index (χ1n) is 5.12. The summed E-state index contributed by atoms with van der Waals surface area (Å²) in [5, 5.41) is 9.44. The number of carbonyl (C=O) groups excluding carboxylic acids is 1. The minimum atomic E-state index is -5.82. The second-order valence-electron chi connectivity index (χ2n) is 4.24. The number of primary amides is 1. The smallest absolute Gasteiger partial charge is 0.446 e. The Morgan fingerprint density at radius 2 is 1.67 bits per heavy atom. The molecule has 0 bridgehead atoms. The number of amides is 1. The van der Waals surface area contributed by atoms with Crippen molar-refractivity contribution in [1.29, 1.82) is 0 Å². The molecule has 0 unspecified atom stereocenters. The number of carbonyl (C=O) groups is 1. The Morgan fingerprint density at radius 1 is 1.22 bits per heavy atom. The van der Waals surface area contributed by atoms with Gasteiger partial charge in [0.15, 0.2) is 0 Å². The number of hydrogen-bond donors (Lipinski definition) is 2. The van der Waals surface area contributed by atoms with Crippen LogP contribution in [0.25, 0.3) is 0 Å². The molecule has 1 amide bonds. The van der Waals surface area contributed by atoms with Crippen LogP contribution in [-0.2, 0) is 4.74 Å². The average Bonchev–Trinajstić information content (AvgIpc) is 2.19. The van der Waals surface area contributed by atoms with E-state index in [1.165, 1.54) is 0 Å². The highest BCUT2D eigenvalue weighted by atomic mass is 19.4. The minimum absolute atomic E-state index is 0.300. The van der Waals surface area contributed by atoms with E-state index in [0.717, 1.165) is 0 Å². The van der Waals surface area contributed by atoms with Crippen LogP contribution in [0.3, 0.4) is 0 Å². The van der Waals surface area contributed by atoms with Crippen LogP contribution in [0.1, 0.15) is 25.7 Å². The van der Waals surface area contributed by atoms with Gasteiger partial charge in [-0.2, -0.15) is 22.0 Å². The highest BCUT2D eigenvalue weighted by Crippen LogP contribution is 2.49. The van der Waals surface area contributed by atoms with Crippen molar-refractivity contribution in [3.05, 3.63) is 0 Å². The van der Waals surface area contributed by atoms with Gasteiger partial charge in [-0.25, -0.2) is 4.79 Å². The molecule has 9 heteroatoms. The van der Waals surface area contributed by atoms with Gasteiger partial charge in [0, 0.05) is 0 Å². The SMILES string of the molecule is NC(=O)OC1CCC(O)(C(F)(F)C(F)(F)F)CC1. The maximum atomic E-state index is 13.1. The number of aliphatic hydroxyl groups is 1. The normalized spacial score (nSPS) is 30.0. The van der Waals surface area contributed by atoms with Crippen LogP contribution in [0.5, 0.6) is 0 Å². The summed E-state index contributed by atoms with van der Waals surface area (Å²) in [6, 6.07) is 0. The molecule has 3 N–H and O–H groups in total. The number of nitrogens with two attached hydrogens (primary N) is 1. The second kappa shape index (κ2) is 4.52. The second-order valence-corrected chi connectivity index (χ2v) is 4.24. The Morgan fingerprint density at radius 3 is 2.00 bits per heavy atom. The van der Waals surface area contributed by atoms with Gasteiger partial charge in [-0.15, -0.1) is 0 Å². The van der Waals surface area contributed by atoms with Crippen molar-refractivity contribution in [2.75, 3.05) is 0 Å². The van der Waals surface area contributed by atoms with Crippen molar-refractivity contribution >= 4 is 6.09 Å². The molecule has 1 rings (SSSR count). The molecule has 0 spiro atoms. The molecule has 1 aliphatic rings. The van der Waals surface area contributed by atoms with Crippen molar-refractivity contribution < 1.29 is 36.6 Å². The lowest BCUT2D eigenvalue weighted by Gasteiger charge is -2.41. The molecule has 0 aromatic rings. The Labute approximate surface area is 98.9 Å². The first kappa shape index (κ1) is 14.9. The average molecular weight is 277 g/mol. The van der Waals surface area contributed by atoms with E-state index in [1.807, 2.05) is 0 Å². The minimum Gasteiger partial charge on any atom is -0.446 e. The highest BCUT2D eigenvalue weighted by Gasteiger charge is 2.69. The predicted molar refractivity (Wildman–Crippen MR) is 48.9 cm³/mol. The van der Waals surface area contributed by atoms with E-state index < -0.39 is 42.7 Å². The Bertz CT molecular complexity index is 323. The van der Waals surface area contributed by atoms with Gasteiger partial charge in [-0.05, 0) is 25.7 Å². The fourth-order valence-electron chi connectivity index (χ4n) is 1.93. The summed E-state index contributed by atoms with van der Waals surface area (Å²) in [5.41, 5.74) is 1.53. The maximum absolute atomic E-state index is 13.1. The molecular formula is C9H12F5NO3. The predicted octanol–water partition coefficient (Wildman–Crippen LogP) is 1.95. The monoisotopic (exact) mass is 277 g/mol. The van der Waals surface area contributed by atoms with Crippen molar-refractivity contribution in [2.45, 2.75) is 49.5 Å². The molecule has 0 aromatic heterocycles. The topological polar surface area (TPSA) is 72.6 Å². The van der Waals surface area contributed by atoms with Gasteiger partial charge in [0.2, 0.25) is 0 Å².